The average Bonchev–Trinajstić information content (AvgIpc) is 3.23. The summed E-state index contributed by atoms with van der Waals surface area (Å²) in [5.41, 5.74) is 3.00. The van der Waals surface area contributed by atoms with Crippen molar-refractivity contribution in [1.29, 1.82) is 0 Å². The lowest BCUT2D eigenvalue weighted by Crippen LogP contribution is -2.08. The molecule has 140 valence electrons. The van der Waals surface area contributed by atoms with Gasteiger partial charge in [-0.1, -0.05) is 25.4 Å². The van der Waals surface area contributed by atoms with Crippen molar-refractivity contribution in [2.45, 2.75) is 27.3 Å². The Balaban J connectivity index is 1.66. The molecule has 0 unspecified atom stereocenters. The number of rotatable bonds is 6. The van der Waals surface area contributed by atoms with Gasteiger partial charge in [0, 0.05) is 23.9 Å². The summed E-state index contributed by atoms with van der Waals surface area (Å²) in [5.74, 6) is 0.176. The monoisotopic (exact) mass is 385 g/mol. The van der Waals surface area contributed by atoms with E-state index >= 15 is 0 Å². The van der Waals surface area contributed by atoms with Crippen LogP contribution in [-0.4, -0.2) is 35.9 Å². The maximum Gasteiger partial charge on any atom is 0.248 e. The highest BCUT2D eigenvalue weighted by atomic mass is 35.5. The van der Waals surface area contributed by atoms with E-state index in [2.05, 4.69) is 39.8 Å². The number of tetrazole rings is 1. The van der Waals surface area contributed by atoms with Gasteiger partial charge < -0.3 is 5.32 Å². The van der Waals surface area contributed by atoms with Gasteiger partial charge in [-0.2, -0.15) is 5.10 Å². The number of hydrogen-bond acceptors (Lipinski definition) is 5. The molecule has 1 N–H and O–H groups in total. The van der Waals surface area contributed by atoms with Gasteiger partial charge in [-0.3, -0.25) is 9.48 Å². The molecule has 1 amide bonds. The van der Waals surface area contributed by atoms with Crippen LogP contribution in [0.3, 0.4) is 0 Å². The van der Waals surface area contributed by atoms with E-state index in [1.807, 2.05) is 19.1 Å². The summed E-state index contributed by atoms with van der Waals surface area (Å²) < 4.78 is 3.29. The van der Waals surface area contributed by atoms with Crippen LogP contribution < -0.4 is 5.32 Å². The number of anilines is 1. The summed E-state index contributed by atoms with van der Waals surface area (Å²) in [6, 6.07) is 7.18. The fourth-order valence-corrected chi connectivity index (χ4v) is 2.85. The van der Waals surface area contributed by atoms with E-state index in [-0.39, 0.29) is 5.91 Å². The van der Waals surface area contributed by atoms with E-state index in [4.69, 9.17) is 11.6 Å². The highest BCUT2D eigenvalue weighted by molar-refractivity contribution is 6.31. The van der Waals surface area contributed by atoms with Crippen molar-refractivity contribution in [2.24, 2.45) is 5.92 Å². The van der Waals surface area contributed by atoms with Crippen LogP contribution in [-0.2, 0) is 11.3 Å². The molecule has 2 aromatic heterocycles. The first-order chi connectivity index (χ1) is 12.9. The Morgan fingerprint density at radius 2 is 2.04 bits per heavy atom. The summed E-state index contributed by atoms with van der Waals surface area (Å²) in [4.78, 5) is 12.2. The Kier molecular flexibility index (Phi) is 5.66. The normalized spacial score (nSPS) is 11.4. The van der Waals surface area contributed by atoms with E-state index < -0.39 is 0 Å². The number of nitrogens with zero attached hydrogens (tertiary/aromatic N) is 6. The summed E-state index contributed by atoms with van der Waals surface area (Å²) in [7, 11) is 0. The summed E-state index contributed by atoms with van der Waals surface area (Å²) in [6.07, 6.45) is 4.64. The van der Waals surface area contributed by atoms with Crippen LogP contribution in [0.1, 0.15) is 25.1 Å². The van der Waals surface area contributed by atoms with E-state index in [9.17, 15) is 4.79 Å². The minimum absolute atomic E-state index is 0.253. The average molecular weight is 386 g/mol. The summed E-state index contributed by atoms with van der Waals surface area (Å²) in [5, 5.41) is 18.8. The van der Waals surface area contributed by atoms with Crippen LogP contribution in [0.25, 0.3) is 11.8 Å². The third-order valence-electron chi connectivity index (χ3n) is 3.80. The Labute approximate surface area is 161 Å². The van der Waals surface area contributed by atoms with Crippen molar-refractivity contribution in [3.63, 3.8) is 0 Å². The van der Waals surface area contributed by atoms with Crippen molar-refractivity contribution >= 4 is 29.3 Å². The quantitative estimate of drug-likeness (QED) is 0.658. The smallest absolute Gasteiger partial charge is 0.248 e. The van der Waals surface area contributed by atoms with Gasteiger partial charge >= 0.3 is 0 Å². The molecule has 2 heterocycles. The SMILES string of the molecule is Cc1nn(CC(C)C)c(Cl)c1/C=C/C(=O)Nc1ccc(-n2cnnn2)cc1. The number of halogens is 1. The summed E-state index contributed by atoms with van der Waals surface area (Å²) in [6.45, 7) is 6.80. The van der Waals surface area contributed by atoms with Crippen molar-refractivity contribution in [3.05, 3.63) is 53.1 Å². The van der Waals surface area contributed by atoms with Crippen molar-refractivity contribution in [2.75, 3.05) is 5.32 Å². The molecule has 3 aromatic rings. The van der Waals surface area contributed by atoms with Gasteiger partial charge in [0.1, 0.15) is 11.5 Å². The Bertz CT molecular complexity index is 943. The minimum atomic E-state index is -0.253. The molecule has 27 heavy (non-hydrogen) atoms. The second kappa shape index (κ2) is 8.13. The standard InChI is InChI=1S/C18H20ClN7O/c1-12(2)10-25-18(19)16(13(3)22-25)8-9-17(27)21-14-4-6-15(7-5-14)26-11-20-23-24-26/h4-9,11-12H,10H2,1-3H3,(H,21,27)/b9-8+. The minimum Gasteiger partial charge on any atom is -0.323 e. The highest BCUT2D eigenvalue weighted by Gasteiger charge is 2.12. The zero-order valence-electron chi connectivity index (χ0n) is 15.3. The third kappa shape index (κ3) is 4.59. The predicted molar refractivity (Wildman–Crippen MR) is 104 cm³/mol. The molecule has 1 aromatic carbocycles. The molecule has 0 aliphatic carbocycles. The Hall–Kier alpha value is -3.00. The van der Waals surface area contributed by atoms with Crippen LogP contribution in [0.2, 0.25) is 5.15 Å². The molecule has 0 aliphatic rings. The van der Waals surface area contributed by atoms with Crippen molar-refractivity contribution in [3.8, 4) is 5.69 Å². The topological polar surface area (TPSA) is 90.5 Å². The molecule has 0 saturated carbocycles. The Morgan fingerprint density at radius 3 is 2.67 bits per heavy atom. The predicted octanol–water partition coefficient (Wildman–Crippen LogP) is 3.13. The fraction of sp³-hybridized carbons (Fsp3) is 0.278. The molecule has 0 bridgehead atoms. The fourth-order valence-electron chi connectivity index (χ4n) is 2.54. The van der Waals surface area contributed by atoms with Crippen LogP contribution in [0.15, 0.2) is 36.7 Å². The highest BCUT2D eigenvalue weighted by Crippen LogP contribution is 2.22. The number of aryl methyl sites for hydroxylation is 1. The molecule has 0 aliphatic heterocycles. The lowest BCUT2D eigenvalue weighted by Gasteiger charge is -2.05. The number of amides is 1. The lowest BCUT2D eigenvalue weighted by atomic mass is 10.2. The third-order valence-corrected chi connectivity index (χ3v) is 4.20. The Morgan fingerprint density at radius 1 is 1.30 bits per heavy atom. The van der Waals surface area contributed by atoms with Crippen LogP contribution >= 0.6 is 11.6 Å². The molecule has 0 saturated heterocycles. The lowest BCUT2D eigenvalue weighted by molar-refractivity contribution is -0.111. The number of aromatic nitrogens is 6. The first-order valence-electron chi connectivity index (χ1n) is 8.49. The number of benzene rings is 1. The second-order valence-corrected chi connectivity index (χ2v) is 6.85. The second-order valence-electron chi connectivity index (χ2n) is 6.49. The van der Waals surface area contributed by atoms with Gasteiger partial charge in [-0.15, -0.1) is 5.10 Å². The van der Waals surface area contributed by atoms with E-state index in [1.165, 1.54) is 17.1 Å². The zero-order chi connectivity index (χ0) is 19.4. The van der Waals surface area contributed by atoms with Gasteiger partial charge in [0.15, 0.2) is 0 Å². The molecule has 8 nitrogen and oxygen atoms in total. The molecule has 0 fully saturated rings. The van der Waals surface area contributed by atoms with Gasteiger partial charge in [0.2, 0.25) is 5.91 Å². The molecule has 0 radical (unpaired) electrons. The van der Waals surface area contributed by atoms with Gasteiger partial charge in [-0.05, 0) is 53.6 Å². The first-order valence-corrected chi connectivity index (χ1v) is 8.87. The van der Waals surface area contributed by atoms with E-state index in [0.717, 1.165) is 23.5 Å². The molecular weight excluding hydrogens is 366 g/mol. The van der Waals surface area contributed by atoms with Gasteiger partial charge in [0.05, 0.1) is 11.4 Å². The van der Waals surface area contributed by atoms with Crippen LogP contribution in [0.5, 0.6) is 0 Å². The van der Waals surface area contributed by atoms with Crippen LogP contribution in [0, 0.1) is 12.8 Å². The van der Waals surface area contributed by atoms with E-state index in [1.54, 1.807) is 22.9 Å². The molecule has 3 rings (SSSR count). The summed E-state index contributed by atoms with van der Waals surface area (Å²) >= 11 is 6.38. The molecule has 0 spiro atoms. The van der Waals surface area contributed by atoms with Crippen LogP contribution in [0.4, 0.5) is 5.69 Å². The maximum absolute atomic E-state index is 12.2. The van der Waals surface area contributed by atoms with E-state index in [0.29, 0.717) is 16.8 Å². The van der Waals surface area contributed by atoms with Gasteiger partial charge in [0.25, 0.3) is 0 Å². The largest absolute Gasteiger partial charge is 0.323 e. The van der Waals surface area contributed by atoms with Crippen molar-refractivity contribution in [1.82, 2.24) is 30.0 Å². The number of hydrogen-bond donors (Lipinski definition) is 1. The number of carbonyl (C=O) groups excluding carboxylic acids is 1. The number of carbonyl (C=O) groups is 1. The zero-order valence-corrected chi connectivity index (χ0v) is 16.1. The van der Waals surface area contributed by atoms with Gasteiger partial charge in [-0.25, -0.2) is 4.68 Å². The molecule has 9 heteroatoms. The van der Waals surface area contributed by atoms with Crippen molar-refractivity contribution < 1.29 is 4.79 Å². The molecular formula is C18H20ClN7O. The number of nitrogens with one attached hydrogen (secondary N) is 1. The molecule has 0 atom stereocenters. The first kappa shape index (κ1) is 18.8. The maximum atomic E-state index is 12.2.